The second-order valence-corrected chi connectivity index (χ2v) is 4.98. The molecule has 0 saturated carbocycles. The van der Waals surface area contributed by atoms with Gasteiger partial charge in [-0.1, -0.05) is 29.8 Å². The Labute approximate surface area is 126 Å². The van der Waals surface area contributed by atoms with E-state index in [0.29, 0.717) is 5.56 Å². The van der Waals surface area contributed by atoms with Crippen molar-refractivity contribution < 1.29 is 13.6 Å². The molecule has 1 aliphatic rings. The van der Waals surface area contributed by atoms with Crippen molar-refractivity contribution in [1.82, 2.24) is 5.32 Å². The molecule has 0 aliphatic carbocycles. The molecule has 0 spiro atoms. The summed E-state index contributed by atoms with van der Waals surface area (Å²) in [7, 11) is 0. The van der Waals surface area contributed by atoms with Crippen molar-refractivity contribution in [2.75, 3.05) is 0 Å². The number of aryl methyl sites for hydroxylation is 1. The number of benzene rings is 2. The molecule has 2 aromatic rings. The van der Waals surface area contributed by atoms with Crippen molar-refractivity contribution in [1.29, 1.82) is 0 Å². The molecule has 0 aromatic heterocycles. The fraction of sp³-hybridized carbons (Fsp3) is 0.0588. The molecule has 0 radical (unpaired) electrons. The minimum Gasteiger partial charge on any atom is -0.305 e. The van der Waals surface area contributed by atoms with E-state index in [1.165, 1.54) is 6.07 Å². The normalized spacial score (nSPS) is 15.9. The van der Waals surface area contributed by atoms with Crippen molar-refractivity contribution in [2.45, 2.75) is 6.92 Å². The van der Waals surface area contributed by atoms with Gasteiger partial charge in [0.2, 0.25) is 0 Å². The standard InChI is InChI=1S/C17H12F2N2O/c1-10-2-4-11(5-3-10)8-15-17(22)21-16(20-15)12-6-7-13(18)14(19)9-12/h2-9H,1H3,(H,20,21,22)/b15-8+. The number of carbonyl (C=O) groups excluding carboxylic acids is 1. The molecule has 0 bridgehead atoms. The van der Waals surface area contributed by atoms with Gasteiger partial charge in [0, 0.05) is 5.56 Å². The van der Waals surface area contributed by atoms with Crippen molar-refractivity contribution in [3.05, 3.63) is 76.5 Å². The van der Waals surface area contributed by atoms with Crippen LogP contribution in [0.5, 0.6) is 0 Å². The zero-order valence-corrected chi connectivity index (χ0v) is 11.7. The van der Waals surface area contributed by atoms with Gasteiger partial charge in [0.05, 0.1) is 0 Å². The quantitative estimate of drug-likeness (QED) is 0.850. The molecule has 22 heavy (non-hydrogen) atoms. The minimum absolute atomic E-state index is 0.210. The number of carbonyl (C=O) groups is 1. The molecule has 110 valence electrons. The molecule has 1 heterocycles. The maximum absolute atomic E-state index is 13.3. The number of hydrogen-bond donors (Lipinski definition) is 1. The number of hydrogen-bond acceptors (Lipinski definition) is 2. The van der Waals surface area contributed by atoms with Crippen LogP contribution in [0.25, 0.3) is 6.08 Å². The number of nitrogens with one attached hydrogen (secondary N) is 1. The van der Waals surface area contributed by atoms with E-state index in [4.69, 9.17) is 0 Å². The second kappa shape index (κ2) is 5.52. The lowest BCUT2D eigenvalue weighted by atomic mass is 10.1. The highest BCUT2D eigenvalue weighted by Gasteiger charge is 2.21. The Balaban J connectivity index is 1.94. The Morgan fingerprint density at radius 3 is 2.45 bits per heavy atom. The van der Waals surface area contributed by atoms with Gasteiger partial charge in [0.15, 0.2) is 11.6 Å². The highest BCUT2D eigenvalue weighted by atomic mass is 19.2. The lowest BCUT2D eigenvalue weighted by Crippen LogP contribution is -2.24. The molecular weight excluding hydrogens is 286 g/mol. The number of halogens is 2. The summed E-state index contributed by atoms with van der Waals surface area (Å²) in [5.74, 6) is -2.09. The SMILES string of the molecule is Cc1ccc(/C=C2/N=C(c3ccc(F)c(F)c3)NC2=O)cc1. The molecule has 3 nitrogen and oxygen atoms in total. The summed E-state index contributed by atoms with van der Waals surface area (Å²) in [5, 5.41) is 2.55. The lowest BCUT2D eigenvalue weighted by Gasteiger charge is -2.00. The highest BCUT2D eigenvalue weighted by Crippen LogP contribution is 2.17. The fourth-order valence-electron chi connectivity index (χ4n) is 2.07. The van der Waals surface area contributed by atoms with Gasteiger partial charge < -0.3 is 5.32 Å². The van der Waals surface area contributed by atoms with E-state index in [0.717, 1.165) is 23.3 Å². The lowest BCUT2D eigenvalue weighted by molar-refractivity contribution is -0.115. The summed E-state index contributed by atoms with van der Waals surface area (Å²) in [4.78, 5) is 16.1. The van der Waals surface area contributed by atoms with Crippen LogP contribution in [0.15, 0.2) is 53.2 Å². The van der Waals surface area contributed by atoms with Crippen LogP contribution in [0.3, 0.4) is 0 Å². The first-order valence-electron chi connectivity index (χ1n) is 6.67. The van der Waals surface area contributed by atoms with Gasteiger partial charge in [-0.2, -0.15) is 0 Å². The summed E-state index contributed by atoms with van der Waals surface area (Å²) in [6, 6.07) is 11.0. The molecule has 3 rings (SSSR count). The molecule has 5 heteroatoms. The van der Waals surface area contributed by atoms with E-state index < -0.39 is 11.6 Å². The number of amides is 1. The topological polar surface area (TPSA) is 41.5 Å². The summed E-state index contributed by atoms with van der Waals surface area (Å²) in [5.41, 5.74) is 2.50. The number of nitrogens with zero attached hydrogens (tertiary/aromatic N) is 1. The summed E-state index contributed by atoms with van der Waals surface area (Å²) < 4.78 is 26.2. The van der Waals surface area contributed by atoms with Crippen molar-refractivity contribution in [2.24, 2.45) is 4.99 Å². The average molecular weight is 298 g/mol. The third-order valence-corrected chi connectivity index (χ3v) is 3.27. The van der Waals surface area contributed by atoms with Gasteiger partial charge in [-0.25, -0.2) is 13.8 Å². The molecule has 1 N–H and O–H groups in total. The second-order valence-electron chi connectivity index (χ2n) is 4.98. The smallest absolute Gasteiger partial charge is 0.275 e. The minimum atomic E-state index is -0.981. The third-order valence-electron chi connectivity index (χ3n) is 3.27. The van der Waals surface area contributed by atoms with Gasteiger partial charge in [0.1, 0.15) is 11.5 Å². The number of amidine groups is 1. The van der Waals surface area contributed by atoms with Crippen LogP contribution in [0, 0.1) is 18.6 Å². The Morgan fingerprint density at radius 2 is 1.77 bits per heavy atom. The fourth-order valence-corrected chi connectivity index (χ4v) is 2.07. The molecular formula is C17H12F2N2O. The Kier molecular flexibility index (Phi) is 3.55. The number of aliphatic imine (C=N–C) groups is 1. The Bertz CT molecular complexity index is 808. The predicted octanol–water partition coefficient (Wildman–Crippen LogP) is 3.19. The zero-order valence-electron chi connectivity index (χ0n) is 11.7. The van der Waals surface area contributed by atoms with E-state index in [1.54, 1.807) is 6.08 Å². The summed E-state index contributed by atoms with van der Waals surface area (Å²) >= 11 is 0. The zero-order chi connectivity index (χ0) is 15.7. The predicted molar refractivity (Wildman–Crippen MR) is 80.2 cm³/mol. The van der Waals surface area contributed by atoms with Crippen molar-refractivity contribution in [3.8, 4) is 0 Å². The van der Waals surface area contributed by atoms with Crippen LogP contribution < -0.4 is 5.32 Å². The molecule has 0 unspecified atom stereocenters. The monoisotopic (exact) mass is 298 g/mol. The van der Waals surface area contributed by atoms with Crippen molar-refractivity contribution >= 4 is 17.8 Å². The summed E-state index contributed by atoms with van der Waals surface area (Å²) in [6.07, 6.45) is 1.64. The largest absolute Gasteiger partial charge is 0.305 e. The van der Waals surface area contributed by atoms with Crippen molar-refractivity contribution in [3.63, 3.8) is 0 Å². The Hall–Kier alpha value is -2.82. The van der Waals surface area contributed by atoms with E-state index in [2.05, 4.69) is 10.3 Å². The maximum Gasteiger partial charge on any atom is 0.275 e. The first-order valence-corrected chi connectivity index (χ1v) is 6.67. The van der Waals surface area contributed by atoms with Gasteiger partial charge in [-0.05, 0) is 36.8 Å². The van der Waals surface area contributed by atoms with Crippen LogP contribution in [0.4, 0.5) is 8.78 Å². The van der Waals surface area contributed by atoms with Crippen LogP contribution in [-0.4, -0.2) is 11.7 Å². The van der Waals surface area contributed by atoms with Gasteiger partial charge >= 0.3 is 0 Å². The molecule has 2 aromatic carbocycles. The summed E-state index contributed by atoms with van der Waals surface area (Å²) in [6.45, 7) is 1.97. The Morgan fingerprint density at radius 1 is 1.05 bits per heavy atom. The van der Waals surface area contributed by atoms with Crippen LogP contribution >= 0.6 is 0 Å². The first kappa shape index (κ1) is 14.1. The van der Waals surface area contributed by atoms with Gasteiger partial charge in [-0.3, -0.25) is 4.79 Å². The molecule has 0 fully saturated rings. The number of rotatable bonds is 2. The molecule has 1 aliphatic heterocycles. The first-order chi connectivity index (χ1) is 10.5. The van der Waals surface area contributed by atoms with Crippen LogP contribution in [-0.2, 0) is 4.79 Å². The molecule has 0 saturated heterocycles. The molecule has 1 amide bonds. The van der Waals surface area contributed by atoms with Crippen LogP contribution in [0.1, 0.15) is 16.7 Å². The van der Waals surface area contributed by atoms with Gasteiger partial charge in [0.25, 0.3) is 5.91 Å². The highest BCUT2D eigenvalue weighted by molar-refractivity contribution is 6.19. The van der Waals surface area contributed by atoms with Crippen LogP contribution in [0.2, 0.25) is 0 Å². The van der Waals surface area contributed by atoms with E-state index in [1.807, 2.05) is 31.2 Å². The maximum atomic E-state index is 13.3. The average Bonchev–Trinajstić information content (AvgIpc) is 2.85. The molecule has 0 atom stereocenters. The van der Waals surface area contributed by atoms with Gasteiger partial charge in [-0.15, -0.1) is 0 Å². The van der Waals surface area contributed by atoms with E-state index >= 15 is 0 Å². The van der Waals surface area contributed by atoms with E-state index in [-0.39, 0.29) is 17.4 Å². The third kappa shape index (κ3) is 2.79. The van der Waals surface area contributed by atoms with E-state index in [9.17, 15) is 13.6 Å².